The van der Waals surface area contributed by atoms with Crippen molar-refractivity contribution in [1.29, 1.82) is 0 Å². The highest BCUT2D eigenvalue weighted by Crippen LogP contribution is 2.21. The minimum Gasteiger partial charge on any atom is -0.381 e. The fourth-order valence-electron chi connectivity index (χ4n) is 2.62. The van der Waals surface area contributed by atoms with Crippen molar-refractivity contribution in [3.8, 4) is 0 Å². The van der Waals surface area contributed by atoms with E-state index >= 15 is 0 Å². The van der Waals surface area contributed by atoms with Crippen molar-refractivity contribution in [1.82, 2.24) is 0 Å². The van der Waals surface area contributed by atoms with Gasteiger partial charge in [0.25, 0.3) is 0 Å². The standard InChI is InChI=1S/C14H27NO2/c1-2-4-12(8-9-15)6-7-14(16)13-5-3-10-17-11-13/h12-13H,2-11,15H2,1H3. The van der Waals surface area contributed by atoms with Crippen LogP contribution in [0.5, 0.6) is 0 Å². The zero-order valence-corrected chi connectivity index (χ0v) is 11.1. The minimum absolute atomic E-state index is 0.170. The van der Waals surface area contributed by atoms with Crippen LogP contribution < -0.4 is 5.73 Å². The molecule has 2 atom stereocenters. The van der Waals surface area contributed by atoms with Gasteiger partial charge in [0, 0.05) is 18.9 Å². The Labute approximate surface area is 105 Å². The van der Waals surface area contributed by atoms with E-state index in [4.69, 9.17) is 10.5 Å². The summed E-state index contributed by atoms with van der Waals surface area (Å²) in [5.41, 5.74) is 5.60. The van der Waals surface area contributed by atoms with Gasteiger partial charge in [0.1, 0.15) is 5.78 Å². The second-order valence-corrected chi connectivity index (χ2v) is 5.15. The second-order valence-electron chi connectivity index (χ2n) is 5.15. The van der Waals surface area contributed by atoms with Crippen molar-refractivity contribution in [2.24, 2.45) is 17.6 Å². The van der Waals surface area contributed by atoms with Gasteiger partial charge in [-0.25, -0.2) is 0 Å². The van der Waals surface area contributed by atoms with Crippen molar-refractivity contribution in [2.45, 2.75) is 51.9 Å². The van der Waals surface area contributed by atoms with Crippen molar-refractivity contribution >= 4 is 5.78 Å². The molecule has 0 spiro atoms. The molecule has 2 unspecified atom stereocenters. The maximum atomic E-state index is 12.0. The highest BCUT2D eigenvalue weighted by atomic mass is 16.5. The summed E-state index contributed by atoms with van der Waals surface area (Å²) in [5.74, 6) is 1.21. The number of ether oxygens (including phenoxy) is 1. The van der Waals surface area contributed by atoms with Crippen LogP contribution in [0.3, 0.4) is 0 Å². The van der Waals surface area contributed by atoms with E-state index in [1.54, 1.807) is 0 Å². The molecule has 0 radical (unpaired) electrons. The van der Waals surface area contributed by atoms with Gasteiger partial charge < -0.3 is 10.5 Å². The van der Waals surface area contributed by atoms with E-state index in [9.17, 15) is 4.79 Å². The van der Waals surface area contributed by atoms with Crippen LogP contribution >= 0.6 is 0 Å². The smallest absolute Gasteiger partial charge is 0.138 e. The number of rotatable bonds is 8. The number of carbonyl (C=O) groups excluding carboxylic acids is 1. The van der Waals surface area contributed by atoms with E-state index in [1.807, 2.05) is 0 Å². The number of hydrogen-bond acceptors (Lipinski definition) is 3. The Balaban J connectivity index is 2.24. The first-order valence-corrected chi connectivity index (χ1v) is 7.08. The summed E-state index contributed by atoms with van der Waals surface area (Å²) in [5, 5.41) is 0. The molecule has 100 valence electrons. The molecule has 0 bridgehead atoms. The van der Waals surface area contributed by atoms with Gasteiger partial charge in [0.2, 0.25) is 0 Å². The van der Waals surface area contributed by atoms with Gasteiger partial charge in [-0.15, -0.1) is 0 Å². The van der Waals surface area contributed by atoms with Crippen LogP contribution in [-0.4, -0.2) is 25.5 Å². The molecule has 0 aromatic carbocycles. The Morgan fingerprint density at radius 2 is 2.24 bits per heavy atom. The summed E-state index contributed by atoms with van der Waals surface area (Å²) in [7, 11) is 0. The summed E-state index contributed by atoms with van der Waals surface area (Å²) in [6, 6.07) is 0. The van der Waals surface area contributed by atoms with E-state index in [2.05, 4.69) is 6.92 Å². The normalized spacial score (nSPS) is 22.4. The van der Waals surface area contributed by atoms with E-state index in [1.165, 1.54) is 12.8 Å². The van der Waals surface area contributed by atoms with Crippen LogP contribution in [0.25, 0.3) is 0 Å². The Morgan fingerprint density at radius 1 is 1.41 bits per heavy atom. The molecule has 0 aliphatic carbocycles. The number of ketones is 1. The summed E-state index contributed by atoms with van der Waals surface area (Å²) in [4.78, 5) is 12.0. The van der Waals surface area contributed by atoms with E-state index in [0.717, 1.165) is 45.3 Å². The van der Waals surface area contributed by atoms with Crippen LogP contribution in [0.1, 0.15) is 51.9 Å². The Morgan fingerprint density at radius 3 is 2.82 bits per heavy atom. The zero-order valence-electron chi connectivity index (χ0n) is 11.1. The fraction of sp³-hybridized carbons (Fsp3) is 0.929. The molecular weight excluding hydrogens is 214 g/mol. The monoisotopic (exact) mass is 241 g/mol. The lowest BCUT2D eigenvalue weighted by Crippen LogP contribution is -2.25. The highest BCUT2D eigenvalue weighted by molar-refractivity contribution is 5.81. The molecule has 1 aliphatic rings. The quantitative estimate of drug-likeness (QED) is 0.710. The maximum Gasteiger partial charge on any atom is 0.138 e. The lowest BCUT2D eigenvalue weighted by Gasteiger charge is -2.22. The van der Waals surface area contributed by atoms with Crippen LogP contribution in [0.4, 0.5) is 0 Å². The van der Waals surface area contributed by atoms with Crippen molar-refractivity contribution < 1.29 is 9.53 Å². The Hall–Kier alpha value is -0.410. The summed E-state index contributed by atoms with van der Waals surface area (Å²) < 4.78 is 5.36. The largest absolute Gasteiger partial charge is 0.381 e. The predicted octanol–water partition coefficient (Wildman–Crippen LogP) is 2.53. The lowest BCUT2D eigenvalue weighted by molar-refractivity contribution is -0.127. The Kier molecular flexibility index (Phi) is 7.45. The third-order valence-corrected chi connectivity index (χ3v) is 3.69. The summed E-state index contributed by atoms with van der Waals surface area (Å²) in [6.07, 6.45) is 7.24. The molecule has 1 saturated heterocycles. The number of carbonyl (C=O) groups is 1. The molecule has 1 fully saturated rings. The van der Waals surface area contributed by atoms with Gasteiger partial charge in [-0.2, -0.15) is 0 Å². The third-order valence-electron chi connectivity index (χ3n) is 3.69. The van der Waals surface area contributed by atoms with E-state index < -0.39 is 0 Å². The van der Waals surface area contributed by atoms with Crippen molar-refractivity contribution in [3.63, 3.8) is 0 Å². The molecule has 1 heterocycles. The van der Waals surface area contributed by atoms with Gasteiger partial charge >= 0.3 is 0 Å². The van der Waals surface area contributed by atoms with Crippen molar-refractivity contribution in [3.05, 3.63) is 0 Å². The molecule has 0 amide bonds. The van der Waals surface area contributed by atoms with Gasteiger partial charge in [-0.3, -0.25) is 4.79 Å². The third kappa shape index (κ3) is 5.64. The molecule has 2 N–H and O–H groups in total. The van der Waals surface area contributed by atoms with Gasteiger partial charge in [-0.05, 0) is 38.1 Å². The summed E-state index contributed by atoms with van der Waals surface area (Å²) in [6.45, 7) is 4.41. The molecule has 1 rings (SSSR count). The average Bonchev–Trinajstić information content (AvgIpc) is 2.37. The first-order valence-electron chi connectivity index (χ1n) is 7.08. The van der Waals surface area contributed by atoms with Gasteiger partial charge in [0.15, 0.2) is 0 Å². The van der Waals surface area contributed by atoms with Gasteiger partial charge in [0.05, 0.1) is 6.61 Å². The first kappa shape index (κ1) is 14.7. The molecule has 0 aromatic heterocycles. The second kappa shape index (κ2) is 8.65. The minimum atomic E-state index is 0.170. The Bertz CT molecular complexity index is 206. The van der Waals surface area contributed by atoms with E-state index in [0.29, 0.717) is 18.3 Å². The molecule has 1 aliphatic heterocycles. The topological polar surface area (TPSA) is 52.3 Å². The van der Waals surface area contributed by atoms with Crippen LogP contribution in [-0.2, 0) is 9.53 Å². The number of nitrogens with two attached hydrogens (primary N) is 1. The molecule has 0 aromatic rings. The molecule has 3 heteroatoms. The van der Waals surface area contributed by atoms with E-state index in [-0.39, 0.29) is 5.92 Å². The predicted molar refractivity (Wildman–Crippen MR) is 69.9 cm³/mol. The maximum absolute atomic E-state index is 12.0. The average molecular weight is 241 g/mol. The van der Waals surface area contributed by atoms with Crippen LogP contribution in [0.2, 0.25) is 0 Å². The molecule has 17 heavy (non-hydrogen) atoms. The SMILES string of the molecule is CCCC(CCN)CCC(=O)C1CCCOC1. The van der Waals surface area contributed by atoms with Crippen molar-refractivity contribution in [2.75, 3.05) is 19.8 Å². The fourth-order valence-corrected chi connectivity index (χ4v) is 2.62. The molecule has 3 nitrogen and oxygen atoms in total. The zero-order chi connectivity index (χ0) is 12.5. The number of hydrogen-bond donors (Lipinski definition) is 1. The van der Waals surface area contributed by atoms with Crippen LogP contribution in [0, 0.1) is 11.8 Å². The lowest BCUT2D eigenvalue weighted by atomic mass is 9.89. The summed E-state index contributed by atoms with van der Waals surface area (Å²) >= 11 is 0. The van der Waals surface area contributed by atoms with Crippen LogP contribution in [0.15, 0.2) is 0 Å². The number of Topliss-reactive ketones (excluding diaryl/α,β-unsaturated/α-hetero) is 1. The molecule has 0 saturated carbocycles. The van der Waals surface area contributed by atoms with Gasteiger partial charge in [-0.1, -0.05) is 19.8 Å². The highest BCUT2D eigenvalue weighted by Gasteiger charge is 2.22. The molecular formula is C14H27NO2. The first-order chi connectivity index (χ1) is 8.27.